The Morgan fingerprint density at radius 1 is 1.35 bits per heavy atom. The van der Waals surface area contributed by atoms with Crippen LogP contribution >= 0.6 is 0 Å². The molecular formula is C14H18F4N2O2S. The molecule has 9 heteroatoms. The maximum Gasteiger partial charge on any atom is 0.417 e. The highest BCUT2D eigenvalue weighted by atomic mass is 32.2. The van der Waals surface area contributed by atoms with Gasteiger partial charge in [0, 0.05) is 13.1 Å². The number of hydrogen-bond acceptors (Lipinski definition) is 3. The summed E-state index contributed by atoms with van der Waals surface area (Å²) in [5.74, 6) is -1.08. The molecule has 4 nitrogen and oxygen atoms in total. The number of alkyl halides is 3. The molecule has 23 heavy (non-hydrogen) atoms. The number of benzene rings is 1. The zero-order valence-electron chi connectivity index (χ0n) is 12.5. The molecule has 1 heterocycles. The number of hydrogen-bond donors (Lipinski definition) is 1. The molecule has 1 aromatic rings. The number of halogens is 4. The van der Waals surface area contributed by atoms with Gasteiger partial charge in [0.2, 0.25) is 10.0 Å². The first kappa shape index (κ1) is 18.2. The number of piperidine rings is 1. The lowest BCUT2D eigenvalue weighted by atomic mass is 10.00. The van der Waals surface area contributed by atoms with E-state index in [1.807, 2.05) is 0 Å². The molecule has 0 spiro atoms. The maximum absolute atomic E-state index is 13.2. The van der Waals surface area contributed by atoms with E-state index in [1.165, 1.54) is 0 Å². The monoisotopic (exact) mass is 354 g/mol. The van der Waals surface area contributed by atoms with Crippen molar-refractivity contribution in [2.24, 2.45) is 5.92 Å². The molecule has 1 N–H and O–H groups in total. The standard InChI is InChI=1S/C14H18F4N2O2S/c1-19-8-10-3-2-6-20(9-10)23(21,22)13-5-4-11(15)7-12(13)14(16,17)18/h4-5,7,10,19H,2-3,6,8-9H2,1H3. The van der Waals surface area contributed by atoms with Crippen LogP contribution in [0.3, 0.4) is 0 Å². The summed E-state index contributed by atoms with van der Waals surface area (Å²) in [4.78, 5) is -0.892. The van der Waals surface area contributed by atoms with Crippen molar-refractivity contribution in [2.75, 3.05) is 26.7 Å². The van der Waals surface area contributed by atoms with Crippen molar-refractivity contribution in [2.45, 2.75) is 23.9 Å². The van der Waals surface area contributed by atoms with Gasteiger partial charge in [-0.2, -0.15) is 17.5 Å². The lowest BCUT2D eigenvalue weighted by molar-refractivity contribution is -0.140. The van der Waals surface area contributed by atoms with Crippen LogP contribution in [0.2, 0.25) is 0 Å². The van der Waals surface area contributed by atoms with Gasteiger partial charge in [0.1, 0.15) is 5.82 Å². The van der Waals surface area contributed by atoms with Crippen molar-refractivity contribution >= 4 is 10.0 Å². The summed E-state index contributed by atoms with van der Waals surface area (Å²) in [6.07, 6.45) is -3.55. The summed E-state index contributed by atoms with van der Waals surface area (Å²) in [6, 6.07) is 1.65. The Labute approximate surface area is 132 Å². The van der Waals surface area contributed by atoms with Crippen LogP contribution < -0.4 is 5.32 Å². The minimum atomic E-state index is -4.94. The van der Waals surface area contributed by atoms with E-state index in [0.29, 0.717) is 19.0 Å². The molecule has 0 aromatic heterocycles. The molecule has 1 fully saturated rings. The third-order valence-electron chi connectivity index (χ3n) is 3.84. The summed E-state index contributed by atoms with van der Waals surface area (Å²) in [6.45, 7) is 0.899. The van der Waals surface area contributed by atoms with Crippen molar-refractivity contribution in [3.05, 3.63) is 29.6 Å². The SMILES string of the molecule is CNCC1CCCN(S(=O)(=O)c2ccc(F)cc2C(F)(F)F)C1. The molecule has 130 valence electrons. The Bertz CT molecular complexity index is 659. The molecular weight excluding hydrogens is 336 g/mol. The van der Waals surface area contributed by atoms with Crippen molar-refractivity contribution < 1.29 is 26.0 Å². The molecule has 0 bridgehead atoms. The summed E-state index contributed by atoms with van der Waals surface area (Å²) < 4.78 is 78.6. The number of sulfonamides is 1. The maximum atomic E-state index is 13.2. The first-order chi connectivity index (χ1) is 10.7. The van der Waals surface area contributed by atoms with Crippen LogP contribution in [0.15, 0.2) is 23.1 Å². The molecule has 1 aliphatic heterocycles. The molecule has 1 saturated heterocycles. The van der Waals surface area contributed by atoms with Crippen molar-refractivity contribution in [3.8, 4) is 0 Å². The van der Waals surface area contributed by atoms with Crippen LogP contribution in [0, 0.1) is 11.7 Å². The van der Waals surface area contributed by atoms with Gasteiger partial charge in [-0.25, -0.2) is 12.8 Å². The van der Waals surface area contributed by atoms with E-state index >= 15 is 0 Å². The normalized spacial score (nSPS) is 20.7. The Morgan fingerprint density at radius 2 is 2.04 bits per heavy atom. The van der Waals surface area contributed by atoms with E-state index in [4.69, 9.17) is 0 Å². The molecule has 2 rings (SSSR count). The van der Waals surface area contributed by atoms with Gasteiger partial charge in [-0.1, -0.05) is 0 Å². The van der Waals surface area contributed by atoms with Gasteiger partial charge in [-0.05, 0) is 50.6 Å². The highest BCUT2D eigenvalue weighted by Gasteiger charge is 2.40. The Balaban J connectivity index is 2.40. The fourth-order valence-electron chi connectivity index (χ4n) is 2.79. The highest BCUT2D eigenvalue weighted by Crippen LogP contribution is 2.36. The van der Waals surface area contributed by atoms with Gasteiger partial charge in [-0.3, -0.25) is 0 Å². The van der Waals surface area contributed by atoms with E-state index in [0.717, 1.165) is 16.8 Å². The molecule has 0 aliphatic carbocycles. The quantitative estimate of drug-likeness (QED) is 0.845. The lowest BCUT2D eigenvalue weighted by Gasteiger charge is -2.32. The molecule has 1 atom stereocenters. The van der Waals surface area contributed by atoms with E-state index in [1.54, 1.807) is 7.05 Å². The van der Waals surface area contributed by atoms with Gasteiger partial charge in [-0.15, -0.1) is 0 Å². The van der Waals surface area contributed by atoms with E-state index in [-0.39, 0.29) is 25.1 Å². The second-order valence-corrected chi connectivity index (χ2v) is 7.47. The fourth-order valence-corrected chi connectivity index (χ4v) is 4.54. The van der Waals surface area contributed by atoms with Gasteiger partial charge < -0.3 is 5.32 Å². The second-order valence-electron chi connectivity index (χ2n) is 5.57. The van der Waals surface area contributed by atoms with Gasteiger partial charge in [0.25, 0.3) is 0 Å². The fraction of sp³-hybridized carbons (Fsp3) is 0.571. The van der Waals surface area contributed by atoms with Crippen LogP contribution in [0.1, 0.15) is 18.4 Å². The molecule has 0 amide bonds. The molecule has 0 saturated carbocycles. The Kier molecular flexibility index (Phi) is 5.32. The topological polar surface area (TPSA) is 49.4 Å². The van der Waals surface area contributed by atoms with Gasteiger partial charge >= 0.3 is 6.18 Å². The van der Waals surface area contributed by atoms with E-state index < -0.39 is 32.5 Å². The minimum Gasteiger partial charge on any atom is -0.319 e. The van der Waals surface area contributed by atoms with Crippen LogP contribution in [-0.2, 0) is 16.2 Å². The predicted molar refractivity (Wildman–Crippen MR) is 76.8 cm³/mol. The summed E-state index contributed by atoms with van der Waals surface area (Å²) in [5, 5.41) is 2.94. The first-order valence-corrected chi connectivity index (χ1v) is 8.61. The Morgan fingerprint density at radius 3 is 2.65 bits per heavy atom. The van der Waals surface area contributed by atoms with E-state index in [2.05, 4.69) is 5.32 Å². The third-order valence-corrected chi connectivity index (χ3v) is 5.76. The third kappa shape index (κ3) is 4.02. The minimum absolute atomic E-state index is 0.0401. The average Bonchev–Trinajstić information content (AvgIpc) is 2.46. The van der Waals surface area contributed by atoms with Gasteiger partial charge in [0.05, 0.1) is 10.5 Å². The lowest BCUT2D eigenvalue weighted by Crippen LogP contribution is -2.42. The van der Waals surface area contributed by atoms with Crippen LogP contribution in [-0.4, -0.2) is 39.4 Å². The van der Waals surface area contributed by atoms with Crippen LogP contribution in [0.4, 0.5) is 17.6 Å². The molecule has 1 aromatic carbocycles. The zero-order chi connectivity index (χ0) is 17.3. The highest BCUT2D eigenvalue weighted by molar-refractivity contribution is 7.89. The van der Waals surface area contributed by atoms with E-state index in [9.17, 15) is 26.0 Å². The zero-order valence-corrected chi connectivity index (χ0v) is 13.3. The van der Waals surface area contributed by atoms with Crippen molar-refractivity contribution in [3.63, 3.8) is 0 Å². The largest absolute Gasteiger partial charge is 0.417 e. The molecule has 1 unspecified atom stereocenters. The summed E-state index contributed by atoms with van der Waals surface area (Å²) >= 11 is 0. The first-order valence-electron chi connectivity index (χ1n) is 7.17. The second kappa shape index (κ2) is 6.74. The van der Waals surface area contributed by atoms with Crippen molar-refractivity contribution in [1.82, 2.24) is 9.62 Å². The number of nitrogens with zero attached hydrogens (tertiary/aromatic N) is 1. The average molecular weight is 354 g/mol. The smallest absolute Gasteiger partial charge is 0.319 e. The summed E-state index contributed by atoms with van der Waals surface area (Å²) in [7, 11) is -2.59. The van der Waals surface area contributed by atoms with Crippen LogP contribution in [0.25, 0.3) is 0 Å². The molecule has 0 radical (unpaired) electrons. The van der Waals surface area contributed by atoms with Crippen LogP contribution in [0.5, 0.6) is 0 Å². The van der Waals surface area contributed by atoms with Crippen molar-refractivity contribution in [1.29, 1.82) is 0 Å². The Hall–Kier alpha value is -1.19. The molecule has 1 aliphatic rings. The summed E-state index contributed by atoms with van der Waals surface area (Å²) in [5.41, 5.74) is -1.46. The predicted octanol–water partition coefficient (Wildman–Crippen LogP) is 2.46. The number of rotatable bonds is 4. The number of nitrogens with one attached hydrogen (secondary N) is 1. The van der Waals surface area contributed by atoms with Gasteiger partial charge in [0.15, 0.2) is 0 Å².